The van der Waals surface area contributed by atoms with Crippen molar-refractivity contribution in [3.63, 3.8) is 0 Å². The molecular formula is C15H22Si. The van der Waals surface area contributed by atoms with Gasteiger partial charge in [-0.2, -0.15) is 0 Å². The van der Waals surface area contributed by atoms with Crippen LogP contribution in [0.4, 0.5) is 0 Å². The molecule has 0 radical (unpaired) electrons. The lowest BCUT2D eigenvalue weighted by atomic mass is 10.2. The number of hydrogen-bond donors (Lipinski definition) is 0. The summed E-state index contributed by atoms with van der Waals surface area (Å²) in [5, 5.41) is 1.54. The molecule has 0 saturated carbocycles. The van der Waals surface area contributed by atoms with Crippen LogP contribution in [0.2, 0.25) is 19.6 Å². The topological polar surface area (TPSA) is 0 Å². The summed E-state index contributed by atoms with van der Waals surface area (Å²) in [4.78, 5) is 0. The summed E-state index contributed by atoms with van der Waals surface area (Å²) in [5.41, 5.74) is 1.28. The molecule has 0 bridgehead atoms. The van der Waals surface area contributed by atoms with Gasteiger partial charge < -0.3 is 0 Å². The monoisotopic (exact) mass is 230 g/mol. The second-order valence-electron chi connectivity index (χ2n) is 5.06. The van der Waals surface area contributed by atoms with E-state index in [1.807, 2.05) is 0 Å². The molecule has 0 spiro atoms. The van der Waals surface area contributed by atoms with Crippen LogP contribution in [0.25, 0.3) is 6.08 Å². The summed E-state index contributed by atoms with van der Waals surface area (Å²) in [6.45, 7) is 9.38. The molecule has 0 unspecified atom stereocenters. The van der Waals surface area contributed by atoms with Gasteiger partial charge in [0.15, 0.2) is 0 Å². The summed E-state index contributed by atoms with van der Waals surface area (Å²) in [5.74, 6) is 0. The highest BCUT2D eigenvalue weighted by Gasteiger charge is 2.16. The largest absolute Gasteiger partial charge is 0.0856 e. The molecule has 0 aromatic heterocycles. The molecule has 0 amide bonds. The Labute approximate surface area is 101 Å². The summed E-state index contributed by atoms with van der Waals surface area (Å²) in [7, 11) is -1.19. The van der Waals surface area contributed by atoms with Gasteiger partial charge in [-0.3, -0.25) is 0 Å². The molecule has 1 aromatic rings. The molecule has 0 aliphatic heterocycles. The molecule has 0 heterocycles. The Morgan fingerprint density at radius 2 is 1.75 bits per heavy atom. The maximum Gasteiger partial charge on any atom is 0.0771 e. The minimum absolute atomic E-state index is 1.12. The highest BCUT2D eigenvalue weighted by Crippen LogP contribution is 2.18. The molecule has 0 aliphatic rings. The van der Waals surface area contributed by atoms with E-state index in [4.69, 9.17) is 0 Å². The van der Waals surface area contributed by atoms with Crippen molar-refractivity contribution in [2.24, 2.45) is 0 Å². The molecule has 0 aliphatic carbocycles. The van der Waals surface area contributed by atoms with E-state index >= 15 is 0 Å². The molecule has 86 valence electrons. The number of hydrogen-bond acceptors (Lipinski definition) is 0. The zero-order valence-electron chi connectivity index (χ0n) is 10.8. The standard InChI is InChI=1S/C15H22Si/c1-5-9-15(16(2,3)4)13-12-14-10-7-6-8-11-14/h6-13H,5H2,1-4H3/b13-12+,15-9-. The van der Waals surface area contributed by atoms with E-state index < -0.39 is 8.07 Å². The van der Waals surface area contributed by atoms with Gasteiger partial charge >= 0.3 is 0 Å². The average molecular weight is 230 g/mol. The van der Waals surface area contributed by atoms with Crippen LogP contribution in [-0.2, 0) is 0 Å². The minimum atomic E-state index is -1.19. The maximum absolute atomic E-state index is 2.39. The van der Waals surface area contributed by atoms with Crippen molar-refractivity contribution in [2.45, 2.75) is 33.0 Å². The smallest absolute Gasteiger partial charge is 0.0771 e. The normalized spacial score (nSPS) is 13.4. The van der Waals surface area contributed by atoms with Crippen LogP contribution in [0.3, 0.4) is 0 Å². The summed E-state index contributed by atoms with van der Waals surface area (Å²) in [6.07, 6.45) is 8.01. The fourth-order valence-electron chi connectivity index (χ4n) is 1.59. The van der Waals surface area contributed by atoms with Crippen molar-refractivity contribution in [3.8, 4) is 0 Å². The first-order valence-electron chi connectivity index (χ1n) is 5.98. The Kier molecular flexibility index (Phi) is 4.75. The fraction of sp³-hybridized carbons (Fsp3) is 0.333. The van der Waals surface area contributed by atoms with Crippen LogP contribution < -0.4 is 0 Å². The predicted molar refractivity (Wildman–Crippen MR) is 77.2 cm³/mol. The Morgan fingerprint density at radius 3 is 2.25 bits per heavy atom. The van der Waals surface area contributed by atoms with Crippen LogP contribution in [0.1, 0.15) is 18.9 Å². The Hall–Kier alpha value is -1.08. The average Bonchev–Trinajstić information content (AvgIpc) is 2.24. The van der Waals surface area contributed by atoms with Gasteiger partial charge in [0.2, 0.25) is 0 Å². The summed E-state index contributed by atoms with van der Waals surface area (Å²) in [6, 6.07) is 10.5. The third-order valence-electron chi connectivity index (χ3n) is 2.54. The highest BCUT2D eigenvalue weighted by molar-refractivity contribution is 6.83. The first kappa shape index (κ1) is 13.0. The molecule has 0 nitrogen and oxygen atoms in total. The second kappa shape index (κ2) is 5.85. The number of rotatable bonds is 4. The van der Waals surface area contributed by atoms with Crippen molar-refractivity contribution in [2.75, 3.05) is 0 Å². The Balaban J connectivity index is 2.86. The van der Waals surface area contributed by atoms with Gasteiger partial charge in [0.1, 0.15) is 0 Å². The van der Waals surface area contributed by atoms with Crippen LogP contribution in [0.15, 0.2) is 47.7 Å². The van der Waals surface area contributed by atoms with E-state index in [-0.39, 0.29) is 0 Å². The zero-order chi connectivity index (χ0) is 12.0. The SMILES string of the molecule is CC/C=C(/C=C/c1ccccc1)[Si](C)(C)C. The quantitative estimate of drug-likeness (QED) is 0.509. The summed E-state index contributed by atoms with van der Waals surface area (Å²) >= 11 is 0. The molecule has 0 saturated heterocycles. The lowest BCUT2D eigenvalue weighted by Gasteiger charge is -2.17. The van der Waals surface area contributed by atoms with Gasteiger partial charge in [0.25, 0.3) is 0 Å². The van der Waals surface area contributed by atoms with Crippen LogP contribution >= 0.6 is 0 Å². The first-order valence-corrected chi connectivity index (χ1v) is 9.48. The maximum atomic E-state index is 2.39. The lowest BCUT2D eigenvalue weighted by molar-refractivity contribution is 1.21. The van der Waals surface area contributed by atoms with Gasteiger partial charge in [0, 0.05) is 0 Å². The van der Waals surface area contributed by atoms with Gasteiger partial charge in [-0.1, -0.05) is 80.3 Å². The second-order valence-corrected chi connectivity index (χ2v) is 10.1. The Bertz CT molecular complexity index is 366. The Morgan fingerprint density at radius 1 is 1.12 bits per heavy atom. The highest BCUT2D eigenvalue weighted by atomic mass is 28.3. The fourth-order valence-corrected chi connectivity index (χ4v) is 2.99. The van der Waals surface area contributed by atoms with E-state index in [1.54, 1.807) is 5.20 Å². The van der Waals surface area contributed by atoms with Crippen molar-refractivity contribution < 1.29 is 0 Å². The van der Waals surface area contributed by atoms with Gasteiger partial charge in [-0.05, 0) is 12.0 Å². The molecule has 0 N–H and O–H groups in total. The minimum Gasteiger partial charge on any atom is -0.0856 e. The number of allylic oxidation sites excluding steroid dienone is 3. The van der Waals surface area contributed by atoms with Gasteiger partial charge in [-0.25, -0.2) is 0 Å². The zero-order valence-corrected chi connectivity index (χ0v) is 11.8. The van der Waals surface area contributed by atoms with E-state index in [0.717, 1.165) is 6.42 Å². The molecular weight excluding hydrogens is 208 g/mol. The third-order valence-corrected chi connectivity index (χ3v) is 4.65. The predicted octanol–water partition coefficient (Wildman–Crippen LogP) is 4.91. The molecule has 0 atom stereocenters. The van der Waals surface area contributed by atoms with E-state index in [0.29, 0.717) is 0 Å². The molecule has 1 aromatic carbocycles. The van der Waals surface area contributed by atoms with Gasteiger partial charge in [-0.15, -0.1) is 0 Å². The van der Waals surface area contributed by atoms with E-state index in [1.165, 1.54) is 5.56 Å². The van der Waals surface area contributed by atoms with E-state index in [9.17, 15) is 0 Å². The third kappa shape index (κ3) is 4.19. The molecule has 0 fully saturated rings. The van der Waals surface area contributed by atoms with Gasteiger partial charge in [0.05, 0.1) is 8.07 Å². The van der Waals surface area contributed by atoms with Crippen molar-refractivity contribution in [3.05, 3.63) is 53.2 Å². The number of benzene rings is 1. The summed E-state index contributed by atoms with van der Waals surface area (Å²) < 4.78 is 0. The van der Waals surface area contributed by atoms with Crippen molar-refractivity contribution in [1.82, 2.24) is 0 Å². The van der Waals surface area contributed by atoms with Crippen molar-refractivity contribution >= 4 is 14.1 Å². The van der Waals surface area contributed by atoms with Crippen LogP contribution in [0, 0.1) is 0 Å². The van der Waals surface area contributed by atoms with E-state index in [2.05, 4.69) is 75.1 Å². The molecule has 1 heteroatoms. The molecule has 1 rings (SSSR count). The first-order chi connectivity index (χ1) is 7.54. The van der Waals surface area contributed by atoms with Crippen LogP contribution in [0.5, 0.6) is 0 Å². The molecule has 16 heavy (non-hydrogen) atoms. The lowest BCUT2D eigenvalue weighted by Crippen LogP contribution is -2.22. The van der Waals surface area contributed by atoms with Crippen molar-refractivity contribution in [1.29, 1.82) is 0 Å². The van der Waals surface area contributed by atoms with Crippen LogP contribution in [-0.4, -0.2) is 8.07 Å².